The first-order valence-corrected chi connectivity index (χ1v) is 13.3. The Balaban J connectivity index is 1.31. The second kappa shape index (κ2) is 15.5. The molecular formula is C33H32N2O6. The first-order chi connectivity index (χ1) is 20.0. The van der Waals surface area contributed by atoms with Gasteiger partial charge in [0.1, 0.15) is 31.6 Å². The second-order valence-electron chi connectivity index (χ2n) is 9.24. The average Bonchev–Trinajstić information content (AvgIpc) is 3.01. The zero-order chi connectivity index (χ0) is 28.7. The molecule has 0 heterocycles. The number of benzene rings is 4. The lowest BCUT2D eigenvalue weighted by Crippen LogP contribution is -2.42. The average molecular weight is 553 g/mol. The SMILES string of the molecule is O=C(CC[C@H](NC(=O)OCc1ccccc1)C(=O)OCc1ccccc1)Nc1cccc(OCc2ccccc2)c1. The second-order valence-corrected chi connectivity index (χ2v) is 9.24. The van der Waals surface area contributed by atoms with Crippen molar-refractivity contribution in [3.63, 3.8) is 0 Å². The van der Waals surface area contributed by atoms with E-state index in [1.165, 1.54) is 0 Å². The van der Waals surface area contributed by atoms with E-state index in [9.17, 15) is 14.4 Å². The van der Waals surface area contributed by atoms with Gasteiger partial charge in [-0.1, -0.05) is 97.1 Å². The molecule has 1 atom stereocenters. The summed E-state index contributed by atoms with van der Waals surface area (Å²) in [7, 11) is 0. The number of amides is 2. The van der Waals surface area contributed by atoms with E-state index in [-0.39, 0.29) is 32.0 Å². The predicted molar refractivity (Wildman–Crippen MR) is 155 cm³/mol. The van der Waals surface area contributed by atoms with Crippen LogP contribution in [0.15, 0.2) is 115 Å². The van der Waals surface area contributed by atoms with Gasteiger partial charge >= 0.3 is 12.1 Å². The standard InChI is InChI=1S/C33H32N2O6/c36-31(34-28-17-10-18-29(21-28)39-22-25-11-4-1-5-12-25)20-19-30(32(37)40-23-26-13-6-2-7-14-26)35-33(38)41-24-27-15-8-3-9-16-27/h1-18,21,30H,19-20,22-24H2,(H,34,36)(H,35,38)/t30-/m0/s1. The van der Waals surface area contributed by atoms with Crippen LogP contribution in [0.4, 0.5) is 10.5 Å². The third-order valence-electron chi connectivity index (χ3n) is 6.04. The Morgan fingerprint density at radius 1 is 0.634 bits per heavy atom. The van der Waals surface area contributed by atoms with E-state index in [0.717, 1.165) is 16.7 Å². The Labute approximate surface area is 239 Å². The molecule has 4 aromatic carbocycles. The Kier molecular flexibility index (Phi) is 10.9. The molecule has 0 aliphatic heterocycles. The molecule has 2 amide bonds. The van der Waals surface area contributed by atoms with E-state index in [2.05, 4.69) is 10.6 Å². The number of esters is 1. The highest BCUT2D eigenvalue weighted by atomic mass is 16.6. The lowest BCUT2D eigenvalue weighted by atomic mass is 10.1. The topological polar surface area (TPSA) is 103 Å². The van der Waals surface area contributed by atoms with Crippen LogP contribution in [0.25, 0.3) is 0 Å². The minimum absolute atomic E-state index is 0.0179. The predicted octanol–water partition coefficient (Wildman–Crippen LogP) is 6.02. The van der Waals surface area contributed by atoms with Gasteiger partial charge in [-0.25, -0.2) is 9.59 Å². The van der Waals surface area contributed by atoms with Crippen LogP contribution < -0.4 is 15.4 Å². The van der Waals surface area contributed by atoms with Crippen LogP contribution in [0.1, 0.15) is 29.5 Å². The number of alkyl carbamates (subject to hydrolysis) is 1. The largest absolute Gasteiger partial charge is 0.489 e. The van der Waals surface area contributed by atoms with Crippen molar-refractivity contribution in [2.75, 3.05) is 5.32 Å². The highest BCUT2D eigenvalue weighted by Crippen LogP contribution is 2.19. The molecule has 0 aromatic heterocycles. The van der Waals surface area contributed by atoms with Gasteiger partial charge in [0.05, 0.1) is 0 Å². The van der Waals surface area contributed by atoms with Gasteiger partial charge in [-0.15, -0.1) is 0 Å². The normalized spacial score (nSPS) is 11.1. The van der Waals surface area contributed by atoms with Crippen LogP contribution in [0.2, 0.25) is 0 Å². The zero-order valence-corrected chi connectivity index (χ0v) is 22.5. The summed E-state index contributed by atoms with van der Waals surface area (Å²) in [4.78, 5) is 38.1. The molecule has 210 valence electrons. The van der Waals surface area contributed by atoms with E-state index in [0.29, 0.717) is 18.0 Å². The number of nitrogens with one attached hydrogen (secondary N) is 2. The van der Waals surface area contributed by atoms with Crippen LogP contribution in [0.5, 0.6) is 5.75 Å². The molecule has 0 aliphatic rings. The Morgan fingerprint density at radius 2 is 1.20 bits per heavy atom. The van der Waals surface area contributed by atoms with E-state index >= 15 is 0 Å². The minimum atomic E-state index is -1.08. The van der Waals surface area contributed by atoms with Crippen molar-refractivity contribution in [3.8, 4) is 5.75 Å². The van der Waals surface area contributed by atoms with Crippen LogP contribution in [0.3, 0.4) is 0 Å². The molecule has 8 nitrogen and oxygen atoms in total. The van der Waals surface area contributed by atoms with Crippen LogP contribution in [-0.4, -0.2) is 24.0 Å². The molecule has 0 bridgehead atoms. The number of hydrogen-bond donors (Lipinski definition) is 2. The lowest BCUT2D eigenvalue weighted by molar-refractivity contribution is -0.147. The lowest BCUT2D eigenvalue weighted by Gasteiger charge is -2.18. The molecule has 0 fully saturated rings. The fraction of sp³-hybridized carbons (Fsp3) is 0.182. The molecule has 0 spiro atoms. The third-order valence-corrected chi connectivity index (χ3v) is 6.04. The maximum absolute atomic E-state index is 12.9. The van der Waals surface area contributed by atoms with Gasteiger partial charge in [-0.05, 0) is 35.2 Å². The summed E-state index contributed by atoms with van der Waals surface area (Å²) >= 11 is 0. The van der Waals surface area contributed by atoms with Gasteiger partial charge in [0.15, 0.2) is 0 Å². The summed E-state index contributed by atoms with van der Waals surface area (Å²) in [6.45, 7) is 0.484. The Hall–Kier alpha value is -5.11. The molecule has 0 unspecified atom stereocenters. The van der Waals surface area contributed by atoms with Gasteiger partial charge < -0.3 is 24.8 Å². The Morgan fingerprint density at radius 3 is 1.80 bits per heavy atom. The van der Waals surface area contributed by atoms with Gasteiger partial charge in [0, 0.05) is 18.2 Å². The van der Waals surface area contributed by atoms with E-state index in [4.69, 9.17) is 14.2 Å². The maximum atomic E-state index is 12.9. The van der Waals surface area contributed by atoms with Gasteiger partial charge in [0.25, 0.3) is 0 Å². The summed E-state index contributed by atoms with van der Waals surface area (Å²) in [6, 6.07) is 34.1. The third kappa shape index (κ3) is 10.2. The first-order valence-electron chi connectivity index (χ1n) is 13.3. The number of rotatable bonds is 13. The quantitative estimate of drug-likeness (QED) is 0.197. The van der Waals surface area contributed by atoms with Crippen molar-refractivity contribution < 1.29 is 28.6 Å². The molecule has 4 rings (SSSR count). The highest BCUT2D eigenvalue weighted by Gasteiger charge is 2.24. The highest BCUT2D eigenvalue weighted by molar-refractivity contribution is 5.91. The van der Waals surface area contributed by atoms with Crippen LogP contribution in [0, 0.1) is 0 Å². The summed E-state index contributed by atoms with van der Waals surface area (Å²) < 4.78 is 16.5. The fourth-order valence-corrected chi connectivity index (χ4v) is 3.89. The van der Waals surface area contributed by atoms with Gasteiger partial charge in [0.2, 0.25) is 5.91 Å². The Bertz CT molecular complexity index is 1400. The summed E-state index contributed by atoms with van der Waals surface area (Å²) in [5.74, 6) is -0.378. The monoisotopic (exact) mass is 552 g/mol. The molecule has 41 heavy (non-hydrogen) atoms. The van der Waals surface area contributed by atoms with Crippen LogP contribution in [-0.2, 0) is 38.9 Å². The molecule has 0 aliphatic carbocycles. The number of carbonyl (C=O) groups excluding carboxylic acids is 3. The number of ether oxygens (including phenoxy) is 3. The summed E-state index contributed by atoms with van der Waals surface area (Å²) in [5, 5.41) is 5.37. The maximum Gasteiger partial charge on any atom is 0.408 e. The van der Waals surface area contributed by atoms with Gasteiger partial charge in [-0.2, -0.15) is 0 Å². The molecule has 8 heteroatoms. The van der Waals surface area contributed by atoms with E-state index < -0.39 is 18.1 Å². The molecule has 0 saturated carbocycles. The zero-order valence-electron chi connectivity index (χ0n) is 22.5. The fourth-order valence-electron chi connectivity index (χ4n) is 3.89. The molecule has 0 saturated heterocycles. The molecule has 4 aromatic rings. The molecule has 0 radical (unpaired) electrons. The van der Waals surface area contributed by atoms with Crippen molar-refractivity contribution in [1.82, 2.24) is 5.32 Å². The van der Waals surface area contributed by atoms with Crippen molar-refractivity contribution in [1.29, 1.82) is 0 Å². The smallest absolute Gasteiger partial charge is 0.408 e. The first kappa shape index (κ1) is 28.9. The molecule has 2 N–H and O–H groups in total. The van der Waals surface area contributed by atoms with Crippen molar-refractivity contribution >= 4 is 23.7 Å². The van der Waals surface area contributed by atoms with Gasteiger partial charge in [-0.3, -0.25) is 4.79 Å². The summed E-state index contributed by atoms with van der Waals surface area (Å²) in [6.07, 6.45) is -0.803. The van der Waals surface area contributed by atoms with Crippen molar-refractivity contribution in [2.24, 2.45) is 0 Å². The van der Waals surface area contributed by atoms with E-state index in [1.54, 1.807) is 18.2 Å². The van der Waals surface area contributed by atoms with Crippen LogP contribution >= 0.6 is 0 Å². The number of hydrogen-bond acceptors (Lipinski definition) is 6. The summed E-state index contributed by atoms with van der Waals surface area (Å²) in [5.41, 5.74) is 3.19. The van der Waals surface area contributed by atoms with Crippen molar-refractivity contribution in [2.45, 2.75) is 38.7 Å². The number of anilines is 1. The van der Waals surface area contributed by atoms with Crippen molar-refractivity contribution in [3.05, 3.63) is 132 Å². The number of carbonyl (C=O) groups is 3. The molecular weight excluding hydrogens is 520 g/mol. The minimum Gasteiger partial charge on any atom is -0.489 e. The van der Waals surface area contributed by atoms with E-state index in [1.807, 2.05) is 97.1 Å².